The second-order valence-corrected chi connectivity index (χ2v) is 8.65. The fraction of sp³-hybridized carbons (Fsp3) is 0.0417. The van der Waals surface area contributed by atoms with Crippen LogP contribution in [0.3, 0.4) is 0 Å². The summed E-state index contributed by atoms with van der Waals surface area (Å²) in [6, 6.07) is 23.5. The van der Waals surface area contributed by atoms with Gasteiger partial charge in [-0.3, -0.25) is 9.52 Å². The highest BCUT2D eigenvalue weighted by Crippen LogP contribution is 2.30. The minimum Gasteiger partial charge on any atom is -0.497 e. The van der Waals surface area contributed by atoms with Gasteiger partial charge < -0.3 is 15.2 Å². The van der Waals surface area contributed by atoms with E-state index in [1.54, 1.807) is 43.5 Å². The number of benzene rings is 4. The van der Waals surface area contributed by atoms with Crippen LogP contribution in [0.25, 0.3) is 10.8 Å². The van der Waals surface area contributed by atoms with E-state index in [1.165, 1.54) is 24.3 Å². The Balaban J connectivity index is 1.66. The van der Waals surface area contributed by atoms with Crippen LogP contribution in [0.1, 0.15) is 10.4 Å². The van der Waals surface area contributed by atoms with E-state index in [-0.39, 0.29) is 16.1 Å². The molecule has 162 valence electrons. The fourth-order valence-electron chi connectivity index (χ4n) is 3.20. The van der Waals surface area contributed by atoms with Crippen molar-refractivity contribution in [1.29, 1.82) is 0 Å². The van der Waals surface area contributed by atoms with Gasteiger partial charge in [-0.1, -0.05) is 30.3 Å². The Hall–Kier alpha value is -4.04. The third kappa shape index (κ3) is 4.50. The molecule has 0 bridgehead atoms. The molecule has 0 spiro atoms. The predicted molar refractivity (Wildman–Crippen MR) is 123 cm³/mol. The van der Waals surface area contributed by atoms with Crippen molar-refractivity contribution >= 4 is 32.4 Å². The SMILES string of the molecule is COc1ccc(Oc2ccc(C(N)=O)c(NS(=O)(=O)c3ccc4ccccc4c3)c2)cc1. The lowest BCUT2D eigenvalue weighted by atomic mass is 10.1. The van der Waals surface area contributed by atoms with E-state index >= 15 is 0 Å². The maximum absolute atomic E-state index is 13.0. The molecule has 0 saturated carbocycles. The van der Waals surface area contributed by atoms with Crippen molar-refractivity contribution < 1.29 is 22.7 Å². The highest BCUT2D eigenvalue weighted by molar-refractivity contribution is 7.92. The van der Waals surface area contributed by atoms with Gasteiger partial charge in [0.25, 0.3) is 15.9 Å². The summed E-state index contributed by atoms with van der Waals surface area (Å²) < 4.78 is 39.5. The van der Waals surface area contributed by atoms with Crippen molar-refractivity contribution in [3.63, 3.8) is 0 Å². The summed E-state index contributed by atoms with van der Waals surface area (Å²) >= 11 is 0. The van der Waals surface area contributed by atoms with E-state index in [0.29, 0.717) is 17.2 Å². The van der Waals surface area contributed by atoms with Gasteiger partial charge in [-0.25, -0.2) is 8.42 Å². The summed E-state index contributed by atoms with van der Waals surface area (Å²) in [5, 5.41) is 1.70. The van der Waals surface area contributed by atoms with Crippen LogP contribution in [0.4, 0.5) is 5.69 Å². The first-order chi connectivity index (χ1) is 15.4. The number of ether oxygens (including phenoxy) is 2. The monoisotopic (exact) mass is 448 g/mol. The Morgan fingerprint density at radius 3 is 2.16 bits per heavy atom. The number of hydrogen-bond acceptors (Lipinski definition) is 5. The molecule has 8 heteroatoms. The van der Waals surface area contributed by atoms with Gasteiger partial charge in [-0.05, 0) is 59.3 Å². The van der Waals surface area contributed by atoms with Crippen molar-refractivity contribution in [2.45, 2.75) is 4.90 Å². The van der Waals surface area contributed by atoms with Crippen molar-refractivity contribution in [2.24, 2.45) is 5.73 Å². The van der Waals surface area contributed by atoms with Crippen LogP contribution in [0.15, 0.2) is 89.8 Å². The zero-order valence-corrected chi connectivity index (χ0v) is 17.9. The lowest BCUT2D eigenvalue weighted by molar-refractivity contribution is 0.100. The number of methoxy groups -OCH3 is 1. The minimum absolute atomic E-state index is 0.0245. The van der Waals surface area contributed by atoms with Crippen LogP contribution in [0, 0.1) is 0 Å². The molecule has 32 heavy (non-hydrogen) atoms. The van der Waals surface area contributed by atoms with E-state index in [0.717, 1.165) is 10.8 Å². The molecule has 0 unspecified atom stereocenters. The summed E-state index contributed by atoms with van der Waals surface area (Å²) in [6.45, 7) is 0. The molecule has 0 aliphatic heterocycles. The minimum atomic E-state index is -3.99. The standard InChI is InChI=1S/C24H20N2O5S/c1-30-18-7-9-19(10-8-18)31-20-11-13-22(24(25)27)23(15-20)26-32(28,29)21-12-6-16-4-2-3-5-17(16)14-21/h2-15,26H,1H3,(H2,25,27). The van der Waals surface area contributed by atoms with Gasteiger partial charge in [0, 0.05) is 6.07 Å². The smallest absolute Gasteiger partial charge is 0.261 e. The van der Waals surface area contributed by atoms with Crippen LogP contribution in [-0.4, -0.2) is 21.4 Å². The molecule has 0 aliphatic carbocycles. The third-order valence-electron chi connectivity index (χ3n) is 4.83. The molecule has 1 amide bonds. The lowest BCUT2D eigenvalue weighted by Gasteiger charge is -2.14. The van der Waals surface area contributed by atoms with Gasteiger partial charge >= 0.3 is 0 Å². The van der Waals surface area contributed by atoms with Crippen LogP contribution in [-0.2, 0) is 10.0 Å². The van der Waals surface area contributed by atoms with Gasteiger partial charge in [-0.2, -0.15) is 0 Å². The molecule has 3 N–H and O–H groups in total. The molecule has 4 aromatic rings. The third-order valence-corrected chi connectivity index (χ3v) is 6.19. The number of rotatable bonds is 7. The number of nitrogens with two attached hydrogens (primary N) is 1. The molecular formula is C24H20N2O5S. The van der Waals surface area contributed by atoms with Crippen LogP contribution >= 0.6 is 0 Å². The number of amides is 1. The molecule has 7 nitrogen and oxygen atoms in total. The fourth-order valence-corrected chi connectivity index (χ4v) is 4.31. The second-order valence-electron chi connectivity index (χ2n) is 6.96. The Labute approximate surface area is 185 Å². The van der Waals surface area contributed by atoms with Gasteiger partial charge in [0.2, 0.25) is 0 Å². The van der Waals surface area contributed by atoms with Crippen molar-refractivity contribution in [1.82, 2.24) is 0 Å². The number of nitrogens with one attached hydrogen (secondary N) is 1. The van der Waals surface area contributed by atoms with Crippen molar-refractivity contribution in [3.05, 3.63) is 90.5 Å². The van der Waals surface area contributed by atoms with Crippen molar-refractivity contribution in [2.75, 3.05) is 11.8 Å². The normalized spacial score (nSPS) is 11.2. The Bertz CT molecular complexity index is 1400. The first kappa shape index (κ1) is 21.2. The zero-order valence-electron chi connectivity index (χ0n) is 17.1. The largest absolute Gasteiger partial charge is 0.497 e. The molecule has 0 aliphatic rings. The van der Waals surface area contributed by atoms with E-state index in [4.69, 9.17) is 15.2 Å². The summed E-state index contributed by atoms with van der Waals surface area (Å²) in [5.41, 5.74) is 5.50. The second kappa shape index (κ2) is 8.60. The number of hydrogen-bond donors (Lipinski definition) is 2. The van der Waals surface area contributed by atoms with Crippen LogP contribution < -0.4 is 19.9 Å². The molecule has 4 aromatic carbocycles. The Morgan fingerprint density at radius 2 is 1.47 bits per heavy atom. The average Bonchev–Trinajstić information content (AvgIpc) is 2.79. The van der Waals surface area contributed by atoms with Gasteiger partial charge in [-0.15, -0.1) is 0 Å². The highest BCUT2D eigenvalue weighted by Gasteiger charge is 2.19. The molecule has 0 atom stereocenters. The molecule has 0 radical (unpaired) electrons. The zero-order chi connectivity index (χ0) is 22.7. The quantitative estimate of drug-likeness (QED) is 0.432. The first-order valence-corrected chi connectivity index (χ1v) is 11.1. The number of anilines is 1. The molecular weight excluding hydrogens is 428 g/mol. The Morgan fingerprint density at radius 1 is 0.812 bits per heavy atom. The summed E-state index contributed by atoms with van der Waals surface area (Å²) in [7, 11) is -2.43. The van der Waals surface area contributed by atoms with Crippen molar-refractivity contribution in [3.8, 4) is 17.2 Å². The number of fused-ring (bicyclic) bond motifs is 1. The highest BCUT2D eigenvalue weighted by atomic mass is 32.2. The van der Waals surface area contributed by atoms with Gasteiger partial charge in [0.05, 0.1) is 23.3 Å². The first-order valence-electron chi connectivity index (χ1n) is 9.63. The summed E-state index contributed by atoms with van der Waals surface area (Å²) in [6.07, 6.45) is 0. The lowest BCUT2D eigenvalue weighted by Crippen LogP contribution is -2.18. The Kier molecular flexibility index (Phi) is 5.70. The van der Waals surface area contributed by atoms with Gasteiger partial charge in [0.15, 0.2) is 0 Å². The summed E-state index contributed by atoms with van der Waals surface area (Å²) in [4.78, 5) is 12.0. The molecule has 0 saturated heterocycles. The van der Waals surface area contributed by atoms with E-state index < -0.39 is 15.9 Å². The maximum atomic E-state index is 13.0. The van der Waals surface area contributed by atoms with Gasteiger partial charge in [0.1, 0.15) is 17.2 Å². The number of sulfonamides is 1. The number of primary amides is 1. The van der Waals surface area contributed by atoms with Crippen LogP contribution in [0.2, 0.25) is 0 Å². The molecule has 0 aromatic heterocycles. The van der Waals surface area contributed by atoms with Crippen LogP contribution in [0.5, 0.6) is 17.2 Å². The topological polar surface area (TPSA) is 108 Å². The van der Waals surface area contributed by atoms with E-state index in [1.807, 2.05) is 24.3 Å². The molecule has 0 fully saturated rings. The average molecular weight is 449 g/mol. The summed E-state index contributed by atoms with van der Waals surface area (Å²) in [5.74, 6) is 0.750. The van der Waals surface area contributed by atoms with E-state index in [9.17, 15) is 13.2 Å². The predicted octanol–water partition coefficient (Wildman–Crippen LogP) is 4.54. The number of carbonyl (C=O) groups is 1. The van der Waals surface area contributed by atoms with E-state index in [2.05, 4.69) is 4.72 Å². The molecule has 4 rings (SSSR count). The molecule has 0 heterocycles. The number of carbonyl (C=O) groups excluding carboxylic acids is 1. The maximum Gasteiger partial charge on any atom is 0.261 e.